The first-order valence-corrected chi connectivity index (χ1v) is 22.6. The summed E-state index contributed by atoms with van der Waals surface area (Å²) in [6.07, 6.45) is -3.26. The van der Waals surface area contributed by atoms with Crippen molar-refractivity contribution >= 4 is 61.5 Å². The number of fused-ring (bicyclic) bond motifs is 1. The van der Waals surface area contributed by atoms with Gasteiger partial charge in [0.05, 0.1) is 21.7 Å². The van der Waals surface area contributed by atoms with E-state index < -0.39 is 51.0 Å². The Hall–Kier alpha value is -6.48. The predicted octanol–water partition coefficient (Wildman–Crippen LogP) is 10.6. The van der Waals surface area contributed by atoms with Crippen LogP contribution in [0.3, 0.4) is 0 Å². The highest BCUT2D eigenvalue weighted by atomic mass is 32.2. The minimum atomic E-state index is -4.79. The highest BCUT2D eigenvalue weighted by Gasteiger charge is 2.34. The molecule has 0 aliphatic carbocycles. The monoisotopic (exact) mass is 887 g/mol. The number of carbonyl (C=O) groups excluding carboxylic acids is 3. The van der Waals surface area contributed by atoms with Gasteiger partial charge in [-0.25, -0.2) is 12.4 Å². The number of ketones is 2. The number of benzene rings is 6. The molecule has 1 aromatic heterocycles. The van der Waals surface area contributed by atoms with E-state index in [1.54, 1.807) is 91.0 Å². The predicted molar refractivity (Wildman–Crippen MR) is 238 cm³/mol. The van der Waals surface area contributed by atoms with Crippen LogP contribution in [0.25, 0.3) is 10.9 Å². The topological polar surface area (TPSA) is 126 Å². The number of aliphatic hydroxyl groups is 1. The second-order valence-corrected chi connectivity index (χ2v) is 18.0. The standard InChI is InChI=1S/C49H40F3N3O6S2/c50-49(51,52)37-21-20-34-28-44(55(43(34)29-37)63(60,61)40-18-6-2-7-19-40)47(58)41-30-38(54-24-8-3-9-25-54)22-23-42(41)53-48(59)36-16-10-12-32(26-36)31-62-39-17-11-15-35(27-39)46(57)45(56)33-13-4-1-5-14-33/h1-2,4-7,10-23,26-30,46,57H,3,8-9,24-25,31H2,(H,53,59). The van der Waals surface area contributed by atoms with Crippen molar-refractivity contribution < 1.29 is 41.1 Å². The number of amides is 1. The number of rotatable bonds is 13. The molecule has 7 aromatic rings. The lowest BCUT2D eigenvalue weighted by atomic mass is 10.0. The normalized spacial score (nSPS) is 13.7. The van der Waals surface area contributed by atoms with Crippen molar-refractivity contribution in [2.45, 2.75) is 47.1 Å². The molecule has 1 unspecified atom stereocenters. The van der Waals surface area contributed by atoms with Gasteiger partial charge in [-0.2, -0.15) is 13.2 Å². The third-order valence-electron chi connectivity index (χ3n) is 10.9. The number of thioether (sulfide) groups is 1. The largest absolute Gasteiger partial charge is 0.416 e. The lowest BCUT2D eigenvalue weighted by Gasteiger charge is -2.29. The molecule has 0 saturated carbocycles. The SMILES string of the molecule is O=C(Nc1ccc(N2CCCCC2)cc1C(=O)c1cc2ccc(C(F)(F)F)cc2n1S(=O)(=O)c1ccccc1)c1cccc(CSc2cccc(C(O)C(=O)c3ccccc3)c2)c1. The van der Waals surface area contributed by atoms with Crippen LogP contribution < -0.4 is 10.2 Å². The Morgan fingerprint density at radius 3 is 2.16 bits per heavy atom. The summed E-state index contributed by atoms with van der Waals surface area (Å²) >= 11 is 1.44. The van der Waals surface area contributed by atoms with Crippen molar-refractivity contribution in [2.75, 3.05) is 23.3 Å². The first kappa shape index (κ1) is 43.2. The molecular weight excluding hydrogens is 848 g/mol. The van der Waals surface area contributed by atoms with E-state index in [4.69, 9.17) is 0 Å². The van der Waals surface area contributed by atoms with Gasteiger partial charge in [0.2, 0.25) is 5.78 Å². The second kappa shape index (κ2) is 18.1. The second-order valence-electron chi connectivity index (χ2n) is 15.1. The van der Waals surface area contributed by atoms with Crippen LogP contribution in [-0.4, -0.2) is 48.1 Å². The molecule has 320 valence electrons. The minimum absolute atomic E-state index is 0.0469. The molecule has 0 bridgehead atoms. The molecule has 1 aliphatic rings. The number of nitrogens with one attached hydrogen (secondary N) is 1. The molecular formula is C49H40F3N3O6S2. The van der Waals surface area contributed by atoms with E-state index in [9.17, 15) is 41.1 Å². The van der Waals surface area contributed by atoms with Crippen LogP contribution in [-0.2, 0) is 22.0 Å². The maximum atomic E-state index is 14.9. The Bertz CT molecular complexity index is 2950. The van der Waals surface area contributed by atoms with Gasteiger partial charge in [0.25, 0.3) is 15.9 Å². The summed E-state index contributed by atoms with van der Waals surface area (Å²) in [4.78, 5) is 44.5. The number of aromatic nitrogens is 1. The summed E-state index contributed by atoms with van der Waals surface area (Å²) in [6.45, 7) is 1.42. The third kappa shape index (κ3) is 9.34. The fraction of sp³-hybridized carbons (Fsp3) is 0.163. The molecule has 2 heterocycles. The third-order valence-corrected chi connectivity index (χ3v) is 13.7. The van der Waals surface area contributed by atoms with E-state index in [1.807, 2.05) is 12.1 Å². The summed E-state index contributed by atoms with van der Waals surface area (Å²) in [6, 6.07) is 38.5. The van der Waals surface area contributed by atoms with E-state index in [1.165, 1.54) is 42.1 Å². The van der Waals surface area contributed by atoms with Crippen molar-refractivity contribution in [3.8, 4) is 0 Å². The van der Waals surface area contributed by atoms with Crippen molar-refractivity contribution in [2.24, 2.45) is 0 Å². The first-order valence-electron chi connectivity index (χ1n) is 20.2. The molecule has 1 atom stereocenters. The number of Topliss-reactive ketones (excluding diaryl/α,β-unsaturated/α-hetero) is 1. The van der Waals surface area contributed by atoms with Gasteiger partial charge in [0, 0.05) is 51.5 Å². The van der Waals surface area contributed by atoms with Crippen LogP contribution in [0.2, 0.25) is 0 Å². The molecule has 6 aromatic carbocycles. The molecule has 14 heteroatoms. The average Bonchev–Trinajstić information content (AvgIpc) is 3.71. The Morgan fingerprint density at radius 1 is 0.730 bits per heavy atom. The quantitative estimate of drug-likeness (QED) is 0.0866. The number of halogens is 3. The average molecular weight is 888 g/mol. The summed E-state index contributed by atoms with van der Waals surface area (Å²) in [5, 5.41) is 13.8. The summed E-state index contributed by atoms with van der Waals surface area (Å²) in [5.41, 5.74) is 0.786. The number of nitrogens with zero attached hydrogens (tertiary/aromatic N) is 2. The fourth-order valence-corrected chi connectivity index (χ4v) is 10.1. The Morgan fingerprint density at radius 2 is 1.43 bits per heavy atom. The number of aliphatic hydroxyl groups excluding tert-OH is 1. The molecule has 9 nitrogen and oxygen atoms in total. The molecule has 0 radical (unpaired) electrons. The van der Waals surface area contributed by atoms with E-state index in [-0.39, 0.29) is 32.6 Å². The van der Waals surface area contributed by atoms with Crippen LogP contribution in [0.1, 0.15) is 78.8 Å². The minimum Gasteiger partial charge on any atom is -0.380 e. The van der Waals surface area contributed by atoms with Crippen LogP contribution in [0, 0.1) is 0 Å². The maximum Gasteiger partial charge on any atom is 0.416 e. The smallest absolute Gasteiger partial charge is 0.380 e. The number of anilines is 2. The number of alkyl halides is 3. The van der Waals surface area contributed by atoms with Crippen molar-refractivity contribution in [3.63, 3.8) is 0 Å². The van der Waals surface area contributed by atoms with E-state index in [0.717, 1.165) is 47.9 Å². The van der Waals surface area contributed by atoms with Gasteiger partial charge in [-0.3, -0.25) is 14.4 Å². The van der Waals surface area contributed by atoms with Crippen LogP contribution in [0.15, 0.2) is 161 Å². The molecule has 0 spiro atoms. The number of carbonyl (C=O) groups is 3. The molecule has 2 N–H and O–H groups in total. The van der Waals surface area contributed by atoms with Crippen LogP contribution >= 0.6 is 11.8 Å². The summed E-state index contributed by atoms with van der Waals surface area (Å²) < 4.78 is 71.3. The number of hydrogen-bond donors (Lipinski definition) is 2. The van der Waals surface area contributed by atoms with Crippen molar-refractivity contribution in [3.05, 3.63) is 191 Å². The fourth-order valence-electron chi connectivity index (χ4n) is 7.63. The van der Waals surface area contributed by atoms with Crippen molar-refractivity contribution in [1.82, 2.24) is 3.97 Å². The molecule has 63 heavy (non-hydrogen) atoms. The zero-order valence-electron chi connectivity index (χ0n) is 33.6. The Kier molecular flexibility index (Phi) is 12.4. The highest BCUT2D eigenvalue weighted by Crippen LogP contribution is 2.36. The van der Waals surface area contributed by atoms with Crippen LogP contribution in [0.5, 0.6) is 0 Å². The van der Waals surface area contributed by atoms with Gasteiger partial charge in [0.1, 0.15) is 11.8 Å². The molecule has 1 amide bonds. The highest BCUT2D eigenvalue weighted by molar-refractivity contribution is 7.98. The number of piperidine rings is 1. The van der Waals surface area contributed by atoms with Gasteiger partial charge < -0.3 is 15.3 Å². The summed E-state index contributed by atoms with van der Waals surface area (Å²) in [7, 11) is -4.63. The zero-order valence-corrected chi connectivity index (χ0v) is 35.2. The van der Waals surface area contributed by atoms with Crippen LogP contribution in [0.4, 0.5) is 24.5 Å². The van der Waals surface area contributed by atoms with E-state index in [0.29, 0.717) is 39.6 Å². The van der Waals surface area contributed by atoms with Gasteiger partial charge in [-0.1, -0.05) is 78.9 Å². The van der Waals surface area contributed by atoms with Crippen molar-refractivity contribution in [1.29, 1.82) is 0 Å². The molecule has 8 rings (SSSR count). The van der Waals surface area contributed by atoms with Gasteiger partial charge in [-0.15, -0.1) is 11.8 Å². The Labute approximate surface area is 366 Å². The zero-order chi connectivity index (χ0) is 44.3. The molecule has 1 aliphatic heterocycles. The lowest BCUT2D eigenvalue weighted by molar-refractivity contribution is -0.137. The van der Waals surface area contributed by atoms with Gasteiger partial charge >= 0.3 is 6.18 Å². The number of hydrogen-bond acceptors (Lipinski definition) is 8. The van der Waals surface area contributed by atoms with Gasteiger partial charge in [-0.05, 0) is 103 Å². The molecule has 1 saturated heterocycles. The molecule has 1 fully saturated rings. The Balaban J connectivity index is 1.10. The maximum absolute atomic E-state index is 14.9. The summed E-state index contributed by atoms with van der Waals surface area (Å²) in [5.74, 6) is -1.37. The van der Waals surface area contributed by atoms with E-state index in [2.05, 4.69) is 10.2 Å². The first-order chi connectivity index (χ1) is 30.3. The lowest BCUT2D eigenvalue weighted by Crippen LogP contribution is -2.29. The van der Waals surface area contributed by atoms with Gasteiger partial charge in [0.15, 0.2) is 5.78 Å². The van der Waals surface area contributed by atoms with E-state index >= 15 is 0 Å².